The van der Waals surface area contributed by atoms with Crippen molar-refractivity contribution in [2.24, 2.45) is 0 Å². The maximum absolute atomic E-state index is 12.2. The Balaban J connectivity index is 0.00000169. The van der Waals surface area contributed by atoms with E-state index in [-0.39, 0.29) is 51.4 Å². The Morgan fingerprint density at radius 1 is 1.29 bits per heavy atom. The Hall–Kier alpha value is 0.861. The van der Waals surface area contributed by atoms with Crippen molar-refractivity contribution in [3.05, 3.63) is 18.2 Å². The van der Waals surface area contributed by atoms with Gasteiger partial charge in [-0.25, -0.2) is 0 Å². The molecule has 0 atom stereocenters. The summed E-state index contributed by atoms with van der Waals surface area (Å²) in [5.41, 5.74) is 5.25. The predicted molar refractivity (Wildman–Crippen MR) is 51.3 cm³/mol. The molecule has 0 spiro atoms. The van der Waals surface area contributed by atoms with E-state index in [0.717, 1.165) is 12.1 Å². The SMILES string of the molecule is CSc1cc([B-](F)(F)F)ccc1N.[K+]. The summed E-state index contributed by atoms with van der Waals surface area (Å²) in [5, 5.41) is 0. The van der Waals surface area contributed by atoms with Crippen LogP contribution in [0.15, 0.2) is 23.1 Å². The van der Waals surface area contributed by atoms with E-state index in [4.69, 9.17) is 5.73 Å². The molecule has 1 rings (SSSR count). The summed E-state index contributed by atoms with van der Waals surface area (Å²) in [6.45, 7) is -4.91. The number of benzene rings is 1. The summed E-state index contributed by atoms with van der Waals surface area (Å²) in [5.74, 6) is 0. The molecule has 72 valence electrons. The van der Waals surface area contributed by atoms with Crippen LogP contribution in [-0.4, -0.2) is 13.2 Å². The normalized spacial score (nSPS) is 10.9. The minimum atomic E-state index is -4.91. The molecule has 0 aliphatic carbocycles. The Labute approximate surface area is 127 Å². The number of nitrogens with two attached hydrogens (primary N) is 1. The number of anilines is 1. The van der Waals surface area contributed by atoms with Crippen molar-refractivity contribution in [3.63, 3.8) is 0 Å². The van der Waals surface area contributed by atoms with Gasteiger partial charge in [-0.05, 0) is 12.3 Å². The Morgan fingerprint density at radius 3 is 2.29 bits per heavy atom. The average molecular weight is 245 g/mol. The van der Waals surface area contributed by atoms with Crippen LogP contribution >= 0.6 is 11.8 Å². The van der Waals surface area contributed by atoms with E-state index in [2.05, 4.69) is 0 Å². The largest absolute Gasteiger partial charge is 1.00 e. The fourth-order valence-electron chi connectivity index (χ4n) is 0.931. The number of rotatable bonds is 2. The molecule has 0 aliphatic rings. The molecule has 0 aromatic heterocycles. The van der Waals surface area contributed by atoms with Crippen LogP contribution in [0.5, 0.6) is 0 Å². The number of hydrogen-bond acceptors (Lipinski definition) is 2. The zero-order valence-electron chi connectivity index (χ0n) is 7.93. The van der Waals surface area contributed by atoms with Gasteiger partial charge in [-0.15, -0.1) is 17.2 Å². The monoisotopic (exact) mass is 245 g/mol. The van der Waals surface area contributed by atoms with E-state index in [1.165, 1.54) is 17.8 Å². The van der Waals surface area contributed by atoms with E-state index < -0.39 is 12.4 Å². The standard InChI is InChI=1S/C7H8BF3NS.K/c1-13-7-4-5(8(9,10)11)2-3-6(7)12;/h2-4H,12H2,1H3;/q-1;+1. The molecule has 0 aliphatic heterocycles. The minimum absolute atomic E-state index is 0. The first kappa shape index (κ1) is 14.9. The quantitative estimate of drug-likeness (QED) is 0.413. The molecular weight excluding hydrogens is 237 g/mol. The van der Waals surface area contributed by atoms with E-state index in [9.17, 15) is 12.9 Å². The molecule has 14 heavy (non-hydrogen) atoms. The van der Waals surface area contributed by atoms with Crippen LogP contribution in [0, 0.1) is 0 Å². The van der Waals surface area contributed by atoms with Crippen LogP contribution in [0.4, 0.5) is 18.6 Å². The number of hydrogen-bond donors (Lipinski definition) is 1. The molecule has 0 amide bonds. The van der Waals surface area contributed by atoms with Crippen molar-refractivity contribution in [2.45, 2.75) is 4.90 Å². The molecular formula is C7H8BF3KNS. The number of nitrogen functional groups attached to an aromatic ring is 1. The zero-order chi connectivity index (χ0) is 10.1. The number of halogens is 3. The Kier molecular flexibility index (Phi) is 6.17. The topological polar surface area (TPSA) is 26.0 Å². The molecule has 0 saturated heterocycles. The van der Waals surface area contributed by atoms with Crippen LogP contribution in [0.3, 0.4) is 0 Å². The molecule has 0 fully saturated rings. The first-order valence-electron chi connectivity index (χ1n) is 3.58. The summed E-state index contributed by atoms with van der Waals surface area (Å²) in [4.78, 5) is 0.469. The van der Waals surface area contributed by atoms with Gasteiger partial charge in [-0.1, -0.05) is 12.1 Å². The summed E-state index contributed by atoms with van der Waals surface area (Å²) < 4.78 is 36.7. The number of thioether (sulfide) groups is 1. The molecule has 0 radical (unpaired) electrons. The van der Waals surface area contributed by atoms with E-state index in [1.54, 1.807) is 6.26 Å². The predicted octanol–water partition coefficient (Wildman–Crippen LogP) is -0.951. The van der Waals surface area contributed by atoms with Gasteiger partial charge in [0.2, 0.25) is 0 Å². The van der Waals surface area contributed by atoms with Gasteiger partial charge in [0.1, 0.15) is 0 Å². The summed E-state index contributed by atoms with van der Waals surface area (Å²) in [6, 6.07) is 3.38. The second-order valence-electron chi connectivity index (χ2n) is 2.58. The summed E-state index contributed by atoms with van der Waals surface area (Å²) in [6.07, 6.45) is 1.69. The fraction of sp³-hybridized carbons (Fsp3) is 0.143. The van der Waals surface area contributed by atoms with Crippen LogP contribution in [0.25, 0.3) is 0 Å². The molecule has 0 bridgehead atoms. The first-order chi connectivity index (χ1) is 5.95. The zero-order valence-corrected chi connectivity index (χ0v) is 11.9. The van der Waals surface area contributed by atoms with Gasteiger partial charge in [-0.2, -0.15) is 0 Å². The third kappa shape index (κ3) is 3.79. The van der Waals surface area contributed by atoms with Gasteiger partial charge in [0, 0.05) is 10.6 Å². The van der Waals surface area contributed by atoms with Crippen molar-refractivity contribution < 1.29 is 64.3 Å². The molecule has 0 saturated carbocycles. The third-order valence-electron chi connectivity index (χ3n) is 1.64. The van der Waals surface area contributed by atoms with Crippen LogP contribution in [0.1, 0.15) is 0 Å². The van der Waals surface area contributed by atoms with Gasteiger partial charge in [0.25, 0.3) is 0 Å². The molecule has 1 nitrogen and oxygen atoms in total. The van der Waals surface area contributed by atoms with Crippen molar-refractivity contribution in [2.75, 3.05) is 12.0 Å². The van der Waals surface area contributed by atoms with Crippen molar-refractivity contribution in [1.29, 1.82) is 0 Å². The van der Waals surface area contributed by atoms with Gasteiger partial charge < -0.3 is 18.7 Å². The van der Waals surface area contributed by atoms with E-state index in [0.29, 0.717) is 10.6 Å². The third-order valence-corrected chi connectivity index (χ3v) is 2.43. The first-order valence-corrected chi connectivity index (χ1v) is 4.81. The van der Waals surface area contributed by atoms with Gasteiger partial charge in [-0.3, -0.25) is 0 Å². The molecule has 1 aromatic carbocycles. The van der Waals surface area contributed by atoms with E-state index >= 15 is 0 Å². The maximum Gasteiger partial charge on any atom is 1.00 e. The van der Waals surface area contributed by atoms with Gasteiger partial charge >= 0.3 is 58.4 Å². The second kappa shape index (κ2) is 5.81. The summed E-state index contributed by atoms with van der Waals surface area (Å²) in [7, 11) is 0. The van der Waals surface area contributed by atoms with E-state index in [1.807, 2.05) is 0 Å². The second-order valence-corrected chi connectivity index (χ2v) is 3.42. The maximum atomic E-state index is 12.2. The molecule has 0 heterocycles. The molecule has 1 aromatic rings. The molecule has 0 unspecified atom stereocenters. The Bertz CT molecular complexity index is 318. The van der Waals surface area contributed by atoms with Crippen molar-refractivity contribution >= 4 is 29.9 Å². The van der Waals surface area contributed by atoms with Crippen LogP contribution < -0.4 is 62.6 Å². The minimum Gasteiger partial charge on any atom is -0.445 e. The Morgan fingerprint density at radius 2 is 1.86 bits per heavy atom. The van der Waals surface area contributed by atoms with Crippen LogP contribution in [-0.2, 0) is 0 Å². The van der Waals surface area contributed by atoms with Crippen LogP contribution in [0.2, 0.25) is 0 Å². The molecule has 2 N–H and O–H groups in total. The van der Waals surface area contributed by atoms with Crippen molar-refractivity contribution in [3.8, 4) is 0 Å². The average Bonchev–Trinajstić information content (AvgIpc) is 2.03. The smallest absolute Gasteiger partial charge is 0.445 e. The van der Waals surface area contributed by atoms with Gasteiger partial charge in [0.15, 0.2) is 0 Å². The molecule has 7 heteroatoms. The van der Waals surface area contributed by atoms with Gasteiger partial charge in [0.05, 0.1) is 0 Å². The fourth-order valence-corrected chi connectivity index (χ4v) is 1.49. The van der Waals surface area contributed by atoms with Crippen molar-refractivity contribution in [1.82, 2.24) is 0 Å². The summed E-state index contributed by atoms with van der Waals surface area (Å²) >= 11 is 1.21.